The monoisotopic (exact) mass is 332 g/mol. The molecular weight excluding hydrogens is 316 g/mol. The molecule has 0 N–H and O–H groups in total. The SMILES string of the molecule is Sc1ccc2ccccc2c1Cc1c(S)ccc2ccccc12. The molecule has 0 saturated heterocycles. The van der Waals surface area contributed by atoms with E-state index in [4.69, 9.17) is 25.3 Å². The lowest BCUT2D eigenvalue weighted by atomic mass is 9.95. The number of hydrogen-bond donors (Lipinski definition) is 2. The van der Waals surface area contributed by atoms with E-state index in [1.807, 2.05) is 0 Å². The van der Waals surface area contributed by atoms with Gasteiger partial charge in [0, 0.05) is 16.2 Å². The Kier molecular flexibility index (Phi) is 3.80. The van der Waals surface area contributed by atoms with E-state index in [9.17, 15) is 0 Å². The smallest absolute Gasteiger partial charge is 0.00818 e. The van der Waals surface area contributed by atoms with Crippen LogP contribution in [-0.4, -0.2) is 0 Å². The third kappa shape index (κ3) is 2.62. The molecule has 0 heterocycles. The Hall–Kier alpha value is -1.90. The van der Waals surface area contributed by atoms with Crippen LogP contribution in [0.3, 0.4) is 0 Å². The molecule has 0 unspecified atom stereocenters. The van der Waals surface area contributed by atoms with Crippen molar-refractivity contribution in [1.82, 2.24) is 0 Å². The van der Waals surface area contributed by atoms with Gasteiger partial charge in [0.15, 0.2) is 0 Å². The van der Waals surface area contributed by atoms with Crippen LogP contribution in [0.4, 0.5) is 0 Å². The van der Waals surface area contributed by atoms with Gasteiger partial charge in [0.1, 0.15) is 0 Å². The van der Waals surface area contributed by atoms with E-state index in [1.165, 1.54) is 32.7 Å². The van der Waals surface area contributed by atoms with E-state index in [0.29, 0.717) is 0 Å². The van der Waals surface area contributed by atoms with Gasteiger partial charge in [-0.1, -0.05) is 60.7 Å². The molecule has 4 aromatic carbocycles. The lowest BCUT2D eigenvalue weighted by Gasteiger charge is -2.14. The highest BCUT2D eigenvalue weighted by molar-refractivity contribution is 7.80. The van der Waals surface area contributed by atoms with Crippen LogP contribution in [-0.2, 0) is 6.42 Å². The normalized spacial score (nSPS) is 11.2. The average molecular weight is 332 g/mol. The van der Waals surface area contributed by atoms with Gasteiger partial charge in [-0.05, 0) is 44.8 Å². The Morgan fingerprint density at radius 2 is 0.957 bits per heavy atom. The van der Waals surface area contributed by atoms with Crippen LogP contribution in [0.25, 0.3) is 21.5 Å². The highest BCUT2D eigenvalue weighted by Gasteiger charge is 2.11. The first-order valence-corrected chi connectivity index (χ1v) is 8.52. The zero-order valence-electron chi connectivity index (χ0n) is 12.5. The second-order valence-electron chi connectivity index (χ2n) is 5.75. The molecule has 0 atom stereocenters. The predicted molar refractivity (Wildman–Crippen MR) is 105 cm³/mol. The van der Waals surface area contributed by atoms with Gasteiger partial charge in [-0.3, -0.25) is 0 Å². The standard InChI is InChI=1S/C21H16S2/c22-20-11-9-14-5-1-3-7-16(14)18(20)13-19-17-8-4-2-6-15(17)10-12-21(19)23/h1-12,22-23H,13H2. The molecule has 112 valence electrons. The number of benzene rings is 4. The summed E-state index contributed by atoms with van der Waals surface area (Å²) in [5.74, 6) is 0. The van der Waals surface area contributed by atoms with Crippen LogP contribution in [0.1, 0.15) is 11.1 Å². The molecule has 0 aliphatic rings. The van der Waals surface area contributed by atoms with E-state index in [0.717, 1.165) is 16.2 Å². The van der Waals surface area contributed by atoms with Crippen LogP contribution in [0.2, 0.25) is 0 Å². The fourth-order valence-corrected chi connectivity index (χ4v) is 3.75. The van der Waals surface area contributed by atoms with Gasteiger partial charge in [-0.25, -0.2) is 0 Å². The van der Waals surface area contributed by atoms with Gasteiger partial charge >= 0.3 is 0 Å². The first kappa shape index (κ1) is 14.7. The summed E-state index contributed by atoms with van der Waals surface area (Å²) in [6, 6.07) is 25.4. The molecule has 0 aliphatic heterocycles. The highest BCUT2D eigenvalue weighted by Crippen LogP contribution is 2.32. The Bertz CT molecular complexity index is 935. The first-order valence-electron chi connectivity index (χ1n) is 7.63. The summed E-state index contributed by atoms with van der Waals surface area (Å²) < 4.78 is 0. The molecule has 4 aromatic rings. The third-order valence-electron chi connectivity index (χ3n) is 4.39. The highest BCUT2D eigenvalue weighted by atomic mass is 32.1. The molecule has 0 fully saturated rings. The van der Waals surface area contributed by atoms with Crippen molar-refractivity contribution in [3.8, 4) is 0 Å². The molecule has 0 spiro atoms. The van der Waals surface area contributed by atoms with E-state index >= 15 is 0 Å². The summed E-state index contributed by atoms with van der Waals surface area (Å²) in [5, 5.41) is 5.03. The Labute approximate surface area is 147 Å². The molecule has 0 aromatic heterocycles. The molecular formula is C21H16S2. The molecule has 0 amide bonds. The van der Waals surface area contributed by atoms with Crippen LogP contribution in [0.5, 0.6) is 0 Å². The van der Waals surface area contributed by atoms with Crippen molar-refractivity contribution in [1.29, 1.82) is 0 Å². The molecule has 23 heavy (non-hydrogen) atoms. The fraction of sp³-hybridized carbons (Fsp3) is 0.0476. The lowest BCUT2D eigenvalue weighted by molar-refractivity contribution is 1.12. The van der Waals surface area contributed by atoms with Gasteiger partial charge < -0.3 is 0 Å². The molecule has 0 nitrogen and oxygen atoms in total. The topological polar surface area (TPSA) is 0 Å². The van der Waals surface area contributed by atoms with Gasteiger partial charge in [0.2, 0.25) is 0 Å². The van der Waals surface area contributed by atoms with Crippen LogP contribution >= 0.6 is 25.3 Å². The molecule has 0 bridgehead atoms. The molecule has 4 rings (SSSR count). The van der Waals surface area contributed by atoms with Crippen LogP contribution < -0.4 is 0 Å². The van der Waals surface area contributed by atoms with Crippen molar-refractivity contribution in [2.24, 2.45) is 0 Å². The summed E-state index contributed by atoms with van der Waals surface area (Å²) in [4.78, 5) is 2.06. The van der Waals surface area contributed by atoms with Crippen molar-refractivity contribution in [2.45, 2.75) is 16.2 Å². The number of hydrogen-bond acceptors (Lipinski definition) is 2. The minimum Gasteiger partial charge on any atom is -0.143 e. The van der Waals surface area contributed by atoms with Crippen molar-refractivity contribution in [3.05, 3.63) is 83.9 Å². The predicted octanol–water partition coefficient (Wildman–Crippen LogP) is 6.16. The molecule has 0 radical (unpaired) electrons. The minimum atomic E-state index is 0.834. The van der Waals surface area contributed by atoms with E-state index < -0.39 is 0 Å². The van der Waals surface area contributed by atoms with Gasteiger partial charge in [-0.15, -0.1) is 25.3 Å². The number of thiol groups is 2. The van der Waals surface area contributed by atoms with E-state index in [-0.39, 0.29) is 0 Å². The zero-order chi connectivity index (χ0) is 15.8. The summed E-state index contributed by atoms with van der Waals surface area (Å²) in [5.41, 5.74) is 2.52. The first-order chi connectivity index (χ1) is 11.2. The Morgan fingerprint density at radius 3 is 1.43 bits per heavy atom. The summed E-state index contributed by atoms with van der Waals surface area (Å²) in [6.45, 7) is 0. The second-order valence-corrected chi connectivity index (χ2v) is 6.71. The minimum absolute atomic E-state index is 0.834. The second kappa shape index (κ2) is 5.95. The maximum absolute atomic E-state index is 4.71. The summed E-state index contributed by atoms with van der Waals surface area (Å²) >= 11 is 9.42. The zero-order valence-corrected chi connectivity index (χ0v) is 14.3. The summed E-state index contributed by atoms with van der Waals surface area (Å²) in [7, 11) is 0. The quantitative estimate of drug-likeness (QED) is 0.403. The van der Waals surface area contributed by atoms with E-state index in [1.54, 1.807) is 0 Å². The van der Waals surface area contributed by atoms with Gasteiger partial charge in [-0.2, -0.15) is 0 Å². The Balaban J connectivity index is 1.95. The van der Waals surface area contributed by atoms with E-state index in [2.05, 4.69) is 72.8 Å². The number of rotatable bonds is 2. The van der Waals surface area contributed by atoms with Crippen molar-refractivity contribution < 1.29 is 0 Å². The largest absolute Gasteiger partial charge is 0.143 e. The summed E-state index contributed by atoms with van der Waals surface area (Å²) in [6.07, 6.45) is 0.834. The molecule has 0 saturated carbocycles. The Morgan fingerprint density at radius 1 is 0.522 bits per heavy atom. The maximum atomic E-state index is 4.71. The van der Waals surface area contributed by atoms with Crippen LogP contribution in [0.15, 0.2) is 82.6 Å². The molecule has 0 aliphatic carbocycles. The lowest BCUT2D eigenvalue weighted by Crippen LogP contribution is -1.95. The van der Waals surface area contributed by atoms with Crippen molar-refractivity contribution in [3.63, 3.8) is 0 Å². The third-order valence-corrected chi connectivity index (χ3v) is 5.22. The fourth-order valence-electron chi connectivity index (χ4n) is 3.20. The van der Waals surface area contributed by atoms with Crippen LogP contribution in [0, 0.1) is 0 Å². The van der Waals surface area contributed by atoms with Gasteiger partial charge in [0.25, 0.3) is 0 Å². The number of fused-ring (bicyclic) bond motifs is 2. The van der Waals surface area contributed by atoms with Crippen molar-refractivity contribution in [2.75, 3.05) is 0 Å². The maximum Gasteiger partial charge on any atom is 0.00818 e. The molecule has 2 heteroatoms. The van der Waals surface area contributed by atoms with Crippen molar-refractivity contribution >= 4 is 46.8 Å². The van der Waals surface area contributed by atoms with Gasteiger partial charge in [0.05, 0.1) is 0 Å². The average Bonchev–Trinajstić information content (AvgIpc) is 2.59.